The first-order valence-electron chi connectivity index (χ1n) is 11.5. The minimum absolute atomic E-state index is 0.214. The Morgan fingerprint density at radius 3 is 1.44 bits per heavy atom. The van der Waals surface area contributed by atoms with Crippen LogP contribution in [0.2, 0.25) is 0 Å². The molecule has 2 aliphatic rings. The molecule has 2 aliphatic heterocycles. The molecule has 12 nitrogen and oxygen atoms in total. The Labute approximate surface area is 207 Å². The molecule has 200 valence electrons. The summed E-state index contributed by atoms with van der Waals surface area (Å²) in [4.78, 5) is 0. The van der Waals surface area contributed by atoms with Crippen molar-refractivity contribution in [2.75, 3.05) is 27.4 Å². The van der Waals surface area contributed by atoms with Crippen LogP contribution < -0.4 is 9.47 Å². The third-order valence-electron chi connectivity index (χ3n) is 6.50. The number of aliphatic hydroxyl groups excluding tert-OH is 6. The van der Waals surface area contributed by atoms with E-state index in [0.29, 0.717) is 10.8 Å². The van der Waals surface area contributed by atoms with Crippen LogP contribution in [-0.2, 0) is 18.9 Å². The number of hydrogen-bond acceptors (Lipinski definition) is 12. The summed E-state index contributed by atoms with van der Waals surface area (Å²) in [5.74, 6) is 0.428. The van der Waals surface area contributed by atoms with Crippen LogP contribution in [0.4, 0.5) is 0 Å². The molecule has 0 unspecified atom stereocenters. The van der Waals surface area contributed by atoms with Crippen molar-refractivity contribution in [3.63, 3.8) is 0 Å². The van der Waals surface area contributed by atoms with Crippen molar-refractivity contribution in [2.45, 2.75) is 61.4 Å². The molecule has 36 heavy (non-hydrogen) atoms. The third-order valence-corrected chi connectivity index (χ3v) is 6.50. The monoisotopic (exact) mass is 512 g/mol. The normalized spacial score (nSPS) is 37.1. The molecule has 0 saturated carbocycles. The minimum Gasteiger partial charge on any atom is -0.461 e. The summed E-state index contributed by atoms with van der Waals surface area (Å²) in [6.45, 7) is -0.945. The Balaban J connectivity index is 1.63. The highest BCUT2D eigenvalue weighted by molar-refractivity contribution is 5.93. The lowest BCUT2D eigenvalue weighted by Crippen LogP contribution is -2.60. The van der Waals surface area contributed by atoms with E-state index in [0.717, 1.165) is 0 Å². The van der Waals surface area contributed by atoms with Gasteiger partial charge in [0.2, 0.25) is 12.6 Å². The van der Waals surface area contributed by atoms with Crippen LogP contribution >= 0.6 is 0 Å². The summed E-state index contributed by atoms with van der Waals surface area (Å²) >= 11 is 0. The van der Waals surface area contributed by atoms with Gasteiger partial charge in [-0.3, -0.25) is 0 Å². The summed E-state index contributed by atoms with van der Waals surface area (Å²) in [5.41, 5.74) is 0. The van der Waals surface area contributed by atoms with Gasteiger partial charge in [0.15, 0.2) is 0 Å². The number of methoxy groups -OCH3 is 2. The summed E-state index contributed by atoms with van der Waals surface area (Å²) in [6, 6.07) is 10.2. The standard InChI is InChI=1S/C24H32O12/c1-31-21-14(9-25)35-23(19(29)17(21)27)33-12-7-3-5-11-6-4-8-13(16(11)12)34-24-20(30)18(28)22(32-2)15(10-26)36-24/h3-8,14-15,17-30H,9-10H2,1-2H3/t14-,15-,17-,18-,19-,20-,21-,22-,23-,24-/m1/s1. The van der Waals surface area contributed by atoms with E-state index in [9.17, 15) is 30.6 Å². The number of fused-ring (bicyclic) bond motifs is 1. The third kappa shape index (κ3) is 5.02. The molecule has 0 aromatic heterocycles. The summed E-state index contributed by atoms with van der Waals surface area (Å²) in [7, 11) is 2.66. The van der Waals surface area contributed by atoms with E-state index in [-0.39, 0.29) is 11.5 Å². The molecule has 2 aromatic rings. The smallest absolute Gasteiger partial charge is 0.229 e. The summed E-state index contributed by atoms with van der Waals surface area (Å²) in [5, 5.41) is 62.4. The van der Waals surface area contributed by atoms with E-state index in [2.05, 4.69) is 0 Å². The van der Waals surface area contributed by atoms with Gasteiger partial charge in [-0.2, -0.15) is 0 Å². The molecule has 12 heteroatoms. The van der Waals surface area contributed by atoms with Crippen LogP contribution in [0.15, 0.2) is 36.4 Å². The number of aliphatic hydroxyl groups is 6. The van der Waals surface area contributed by atoms with Crippen LogP contribution in [0.25, 0.3) is 10.8 Å². The van der Waals surface area contributed by atoms with Crippen molar-refractivity contribution in [1.82, 2.24) is 0 Å². The zero-order valence-corrected chi connectivity index (χ0v) is 19.8. The topological polar surface area (TPSA) is 177 Å². The van der Waals surface area contributed by atoms with Crippen molar-refractivity contribution in [3.05, 3.63) is 36.4 Å². The van der Waals surface area contributed by atoms with Crippen molar-refractivity contribution >= 4 is 10.8 Å². The van der Waals surface area contributed by atoms with Crippen LogP contribution in [0.5, 0.6) is 11.5 Å². The lowest BCUT2D eigenvalue weighted by atomic mass is 9.99. The van der Waals surface area contributed by atoms with Gasteiger partial charge in [-0.25, -0.2) is 0 Å². The second-order valence-corrected chi connectivity index (χ2v) is 8.66. The van der Waals surface area contributed by atoms with Crippen molar-refractivity contribution in [1.29, 1.82) is 0 Å². The average Bonchev–Trinajstić information content (AvgIpc) is 2.89. The first-order valence-corrected chi connectivity index (χ1v) is 11.5. The molecule has 0 amide bonds. The quantitative estimate of drug-likeness (QED) is 0.242. The minimum atomic E-state index is -1.49. The van der Waals surface area contributed by atoms with E-state index < -0.39 is 74.6 Å². The van der Waals surface area contributed by atoms with Gasteiger partial charge < -0.3 is 59.1 Å². The summed E-state index contributed by atoms with van der Waals surface area (Å²) in [6.07, 6.45) is -12.2. The molecule has 0 spiro atoms. The predicted octanol–water partition coefficient (Wildman–Crippen LogP) is -1.49. The molecular formula is C24H32O12. The molecule has 0 bridgehead atoms. The van der Waals surface area contributed by atoms with E-state index in [1.54, 1.807) is 36.4 Å². The van der Waals surface area contributed by atoms with E-state index in [4.69, 9.17) is 28.4 Å². The Morgan fingerprint density at radius 1 is 0.667 bits per heavy atom. The maximum atomic E-state index is 10.6. The molecule has 2 aromatic carbocycles. The Hall–Kier alpha value is -2.10. The van der Waals surface area contributed by atoms with E-state index >= 15 is 0 Å². The van der Waals surface area contributed by atoms with Crippen LogP contribution in [0.1, 0.15) is 0 Å². The number of hydrogen-bond donors (Lipinski definition) is 6. The largest absolute Gasteiger partial charge is 0.461 e. The van der Waals surface area contributed by atoms with Gasteiger partial charge in [-0.1, -0.05) is 24.3 Å². The average molecular weight is 513 g/mol. The van der Waals surface area contributed by atoms with Crippen LogP contribution in [0.3, 0.4) is 0 Å². The zero-order valence-electron chi connectivity index (χ0n) is 19.8. The molecule has 2 fully saturated rings. The number of ether oxygens (including phenoxy) is 6. The van der Waals surface area contributed by atoms with Crippen molar-refractivity contribution in [3.8, 4) is 11.5 Å². The van der Waals surface area contributed by atoms with Gasteiger partial charge >= 0.3 is 0 Å². The van der Waals surface area contributed by atoms with E-state index in [1.807, 2.05) is 0 Å². The van der Waals surface area contributed by atoms with Crippen molar-refractivity contribution in [2.24, 2.45) is 0 Å². The van der Waals surface area contributed by atoms with Crippen LogP contribution in [0, 0.1) is 0 Å². The SMILES string of the molecule is CO[C@H]1[C@H](O)[C@@H](O)[C@H](Oc2cccc3cccc(O[C@@H]4O[C@H](CO)[C@@H](OC)[C@H](O)[C@H]4O)c23)O[C@@H]1CO. The molecule has 4 rings (SSSR count). The molecule has 10 atom stereocenters. The molecule has 0 aliphatic carbocycles. The van der Waals surface area contributed by atoms with Crippen LogP contribution in [-0.4, -0.2) is 119 Å². The Bertz CT molecular complexity index is 925. The summed E-state index contributed by atoms with van der Waals surface area (Å²) < 4.78 is 33.5. The lowest BCUT2D eigenvalue weighted by molar-refractivity contribution is -0.282. The fourth-order valence-corrected chi connectivity index (χ4v) is 4.60. The van der Waals surface area contributed by atoms with Gasteiger partial charge in [-0.15, -0.1) is 0 Å². The van der Waals surface area contributed by atoms with Gasteiger partial charge in [-0.05, 0) is 17.5 Å². The molecule has 2 saturated heterocycles. The fourth-order valence-electron chi connectivity index (χ4n) is 4.60. The first kappa shape index (κ1) is 26.9. The molecule has 0 radical (unpaired) electrons. The van der Waals surface area contributed by atoms with Gasteiger partial charge in [0.25, 0.3) is 0 Å². The Kier molecular flexibility index (Phi) is 8.63. The highest BCUT2D eigenvalue weighted by Gasteiger charge is 2.47. The molecule has 6 N–H and O–H groups in total. The molecular weight excluding hydrogens is 480 g/mol. The number of rotatable bonds is 8. The predicted molar refractivity (Wildman–Crippen MR) is 122 cm³/mol. The van der Waals surface area contributed by atoms with Gasteiger partial charge in [0, 0.05) is 14.2 Å². The maximum Gasteiger partial charge on any atom is 0.229 e. The number of benzene rings is 2. The molecule has 2 heterocycles. The highest BCUT2D eigenvalue weighted by Crippen LogP contribution is 2.38. The Morgan fingerprint density at radius 2 is 1.08 bits per heavy atom. The van der Waals surface area contributed by atoms with E-state index in [1.165, 1.54) is 14.2 Å². The zero-order chi connectivity index (χ0) is 26.0. The second kappa shape index (κ2) is 11.5. The lowest BCUT2D eigenvalue weighted by Gasteiger charge is -2.41. The fraction of sp³-hybridized carbons (Fsp3) is 0.583. The van der Waals surface area contributed by atoms with Crippen molar-refractivity contribution < 1.29 is 59.1 Å². The highest BCUT2D eigenvalue weighted by atomic mass is 16.7. The first-order chi connectivity index (χ1) is 17.3. The van der Waals surface area contributed by atoms with Gasteiger partial charge in [0.1, 0.15) is 60.3 Å². The van der Waals surface area contributed by atoms with Gasteiger partial charge in [0.05, 0.1) is 18.6 Å². The maximum absolute atomic E-state index is 10.6. The second-order valence-electron chi connectivity index (χ2n) is 8.66.